The van der Waals surface area contributed by atoms with Gasteiger partial charge in [0.05, 0.1) is 0 Å². The topological polar surface area (TPSA) is 52.2 Å². The van der Waals surface area contributed by atoms with Crippen molar-refractivity contribution in [2.24, 2.45) is 7.05 Å². The predicted molar refractivity (Wildman–Crippen MR) is 47.6 cm³/mol. The number of aryl methyl sites for hydroxylation is 2. The van der Waals surface area contributed by atoms with Gasteiger partial charge >= 0.3 is 0 Å². The smallest absolute Gasteiger partial charge is 0.295 e. The molecular formula is C8H10N4O. The monoisotopic (exact) mass is 178 g/mol. The molecule has 0 unspecified atom stereocenters. The minimum atomic E-state index is -0.116. The van der Waals surface area contributed by atoms with Crippen molar-refractivity contribution >= 4 is 5.65 Å². The first-order chi connectivity index (χ1) is 6.22. The molecule has 13 heavy (non-hydrogen) atoms. The molecule has 0 saturated heterocycles. The summed E-state index contributed by atoms with van der Waals surface area (Å²) in [6.07, 6.45) is 4.14. The van der Waals surface area contributed by atoms with Gasteiger partial charge in [-0.05, 0) is 0 Å². The van der Waals surface area contributed by atoms with Crippen molar-refractivity contribution in [3.8, 4) is 0 Å². The number of rotatable bonds is 1. The van der Waals surface area contributed by atoms with Crippen LogP contribution in [0.4, 0.5) is 0 Å². The Labute approximate surface area is 74.6 Å². The zero-order valence-electron chi connectivity index (χ0n) is 7.56. The second-order valence-corrected chi connectivity index (χ2v) is 2.86. The third-order valence-corrected chi connectivity index (χ3v) is 1.93. The van der Waals surface area contributed by atoms with Crippen molar-refractivity contribution in [3.05, 3.63) is 28.6 Å². The van der Waals surface area contributed by atoms with Crippen molar-refractivity contribution in [1.29, 1.82) is 0 Å². The van der Waals surface area contributed by atoms with Crippen LogP contribution < -0.4 is 5.56 Å². The maximum atomic E-state index is 11.5. The largest absolute Gasteiger partial charge is 0.314 e. The average Bonchev–Trinajstić information content (AvgIpc) is 2.55. The predicted octanol–water partition coefficient (Wildman–Crippen LogP) is -0.00960. The van der Waals surface area contributed by atoms with Crippen LogP contribution in [0.15, 0.2) is 17.2 Å². The van der Waals surface area contributed by atoms with E-state index in [1.54, 1.807) is 19.4 Å². The summed E-state index contributed by atoms with van der Waals surface area (Å²) in [6, 6.07) is 0. The van der Waals surface area contributed by atoms with Crippen LogP contribution in [-0.4, -0.2) is 19.2 Å². The maximum Gasteiger partial charge on any atom is 0.295 e. The molecule has 0 bridgehead atoms. The third kappa shape index (κ3) is 1.12. The molecule has 0 aliphatic rings. The van der Waals surface area contributed by atoms with Crippen LogP contribution in [0.25, 0.3) is 5.65 Å². The maximum absolute atomic E-state index is 11.5. The number of hydrogen-bond acceptors (Lipinski definition) is 3. The van der Waals surface area contributed by atoms with Gasteiger partial charge in [0.25, 0.3) is 5.56 Å². The molecule has 0 aliphatic carbocycles. The highest BCUT2D eigenvalue weighted by atomic mass is 16.1. The zero-order chi connectivity index (χ0) is 9.42. The van der Waals surface area contributed by atoms with Gasteiger partial charge in [-0.3, -0.25) is 4.79 Å². The lowest BCUT2D eigenvalue weighted by Gasteiger charge is -1.94. The Morgan fingerprint density at radius 3 is 2.92 bits per heavy atom. The SMILES string of the molecule is CCc1nc2c(=O)n(C)ccn2n1. The van der Waals surface area contributed by atoms with Crippen LogP contribution in [0, 0.1) is 0 Å². The Bertz CT molecular complexity index is 496. The summed E-state index contributed by atoms with van der Waals surface area (Å²) >= 11 is 0. The summed E-state index contributed by atoms with van der Waals surface area (Å²) in [7, 11) is 1.70. The van der Waals surface area contributed by atoms with E-state index in [-0.39, 0.29) is 5.56 Å². The van der Waals surface area contributed by atoms with Crippen molar-refractivity contribution in [3.63, 3.8) is 0 Å². The van der Waals surface area contributed by atoms with Gasteiger partial charge in [0.15, 0.2) is 5.82 Å². The van der Waals surface area contributed by atoms with Gasteiger partial charge in [-0.15, -0.1) is 0 Å². The van der Waals surface area contributed by atoms with Gasteiger partial charge < -0.3 is 4.57 Å². The molecule has 2 aromatic heterocycles. The highest BCUT2D eigenvalue weighted by molar-refractivity contribution is 5.33. The summed E-state index contributed by atoms with van der Waals surface area (Å²) in [5.74, 6) is 0.698. The minimum absolute atomic E-state index is 0.116. The third-order valence-electron chi connectivity index (χ3n) is 1.93. The standard InChI is InChI=1S/C8H10N4O/c1-3-6-9-7-8(13)11(2)4-5-12(7)10-6/h4-5H,3H2,1-2H3. The summed E-state index contributed by atoms with van der Waals surface area (Å²) in [5, 5.41) is 4.13. The Morgan fingerprint density at radius 2 is 2.23 bits per heavy atom. The van der Waals surface area contributed by atoms with E-state index in [4.69, 9.17) is 0 Å². The molecule has 0 saturated carbocycles. The molecule has 68 valence electrons. The number of hydrogen-bond donors (Lipinski definition) is 0. The molecule has 0 N–H and O–H groups in total. The molecule has 2 aromatic rings. The molecule has 5 heteroatoms. The molecule has 0 radical (unpaired) electrons. The fraction of sp³-hybridized carbons (Fsp3) is 0.375. The van der Waals surface area contributed by atoms with Crippen LogP contribution in [0.5, 0.6) is 0 Å². The second kappa shape index (κ2) is 2.69. The Balaban J connectivity index is 2.84. The van der Waals surface area contributed by atoms with E-state index >= 15 is 0 Å². The van der Waals surface area contributed by atoms with E-state index in [9.17, 15) is 4.79 Å². The summed E-state index contributed by atoms with van der Waals surface area (Å²) in [5.41, 5.74) is 0.275. The average molecular weight is 178 g/mol. The molecule has 0 spiro atoms. The molecule has 0 fully saturated rings. The van der Waals surface area contributed by atoms with E-state index in [0.717, 1.165) is 6.42 Å². The molecule has 0 atom stereocenters. The van der Waals surface area contributed by atoms with Crippen molar-refractivity contribution < 1.29 is 0 Å². The van der Waals surface area contributed by atoms with E-state index in [1.807, 2.05) is 6.92 Å². The van der Waals surface area contributed by atoms with Crippen LogP contribution in [0.1, 0.15) is 12.7 Å². The Morgan fingerprint density at radius 1 is 1.46 bits per heavy atom. The first-order valence-corrected chi connectivity index (χ1v) is 4.13. The van der Waals surface area contributed by atoms with Crippen molar-refractivity contribution in [2.45, 2.75) is 13.3 Å². The molecule has 0 amide bonds. The second-order valence-electron chi connectivity index (χ2n) is 2.86. The fourth-order valence-corrected chi connectivity index (χ4v) is 1.16. The molecule has 0 aromatic carbocycles. The lowest BCUT2D eigenvalue weighted by molar-refractivity contribution is 0.811. The highest BCUT2D eigenvalue weighted by Gasteiger charge is 2.05. The van der Waals surface area contributed by atoms with Crippen molar-refractivity contribution in [2.75, 3.05) is 0 Å². The first-order valence-electron chi connectivity index (χ1n) is 4.13. The molecule has 5 nitrogen and oxygen atoms in total. The zero-order valence-corrected chi connectivity index (χ0v) is 7.56. The normalized spacial score (nSPS) is 10.9. The Hall–Kier alpha value is -1.65. The van der Waals surface area contributed by atoms with Crippen LogP contribution in [0.3, 0.4) is 0 Å². The van der Waals surface area contributed by atoms with E-state index in [0.29, 0.717) is 11.5 Å². The molecule has 2 rings (SSSR count). The fourth-order valence-electron chi connectivity index (χ4n) is 1.16. The number of aromatic nitrogens is 4. The van der Waals surface area contributed by atoms with Crippen LogP contribution in [0.2, 0.25) is 0 Å². The summed E-state index contributed by atoms with van der Waals surface area (Å²) < 4.78 is 3.00. The van der Waals surface area contributed by atoms with E-state index < -0.39 is 0 Å². The quantitative estimate of drug-likeness (QED) is 0.617. The summed E-state index contributed by atoms with van der Waals surface area (Å²) in [6.45, 7) is 1.96. The summed E-state index contributed by atoms with van der Waals surface area (Å²) in [4.78, 5) is 15.6. The molecular weight excluding hydrogens is 168 g/mol. The van der Waals surface area contributed by atoms with E-state index in [2.05, 4.69) is 10.1 Å². The molecule has 2 heterocycles. The number of nitrogens with zero attached hydrogens (tertiary/aromatic N) is 4. The van der Waals surface area contributed by atoms with E-state index in [1.165, 1.54) is 9.08 Å². The van der Waals surface area contributed by atoms with Gasteiger partial charge in [0.1, 0.15) is 0 Å². The minimum Gasteiger partial charge on any atom is -0.314 e. The van der Waals surface area contributed by atoms with Crippen LogP contribution >= 0.6 is 0 Å². The number of fused-ring (bicyclic) bond motifs is 1. The lowest BCUT2D eigenvalue weighted by atomic mass is 10.5. The van der Waals surface area contributed by atoms with Crippen LogP contribution in [-0.2, 0) is 13.5 Å². The van der Waals surface area contributed by atoms with Gasteiger partial charge in [0, 0.05) is 25.9 Å². The molecule has 0 aliphatic heterocycles. The Kier molecular flexibility index (Phi) is 1.65. The van der Waals surface area contributed by atoms with Gasteiger partial charge in [0.2, 0.25) is 5.65 Å². The van der Waals surface area contributed by atoms with Gasteiger partial charge in [-0.25, -0.2) is 9.50 Å². The lowest BCUT2D eigenvalue weighted by Crippen LogP contribution is -2.18. The van der Waals surface area contributed by atoms with Gasteiger partial charge in [-0.1, -0.05) is 6.92 Å². The van der Waals surface area contributed by atoms with Gasteiger partial charge in [-0.2, -0.15) is 5.10 Å². The highest BCUT2D eigenvalue weighted by Crippen LogP contribution is 1.95. The first kappa shape index (κ1) is 7.97. The van der Waals surface area contributed by atoms with Crippen molar-refractivity contribution in [1.82, 2.24) is 19.2 Å².